The second kappa shape index (κ2) is 7.87. The van der Waals surface area contributed by atoms with Gasteiger partial charge in [0.05, 0.1) is 7.11 Å². The lowest BCUT2D eigenvalue weighted by atomic mass is 10.00. The highest BCUT2D eigenvalue weighted by Gasteiger charge is 2.37. The van der Waals surface area contributed by atoms with E-state index in [0.717, 1.165) is 42.7 Å². The molecule has 0 unspecified atom stereocenters. The number of likely N-dealkylation sites (tertiary alicyclic amines) is 1. The third-order valence-electron chi connectivity index (χ3n) is 4.96. The molecule has 0 aromatic heterocycles. The van der Waals surface area contributed by atoms with E-state index in [1.54, 1.807) is 12.0 Å². The SMILES string of the molecule is COc1ccc(NC(=O)[C@@H]2CCCCN2C(=O)[C@@H]2CCCO2)cc1C. The Morgan fingerprint density at radius 3 is 2.76 bits per heavy atom. The van der Waals surface area contributed by atoms with Crippen LogP contribution in [-0.4, -0.2) is 49.1 Å². The number of anilines is 1. The predicted octanol–water partition coefficient (Wildman–Crippen LogP) is 2.50. The van der Waals surface area contributed by atoms with Gasteiger partial charge in [0.15, 0.2) is 0 Å². The second-order valence-corrected chi connectivity index (χ2v) is 6.72. The number of ether oxygens (including phenoxy) is 2. The first-order valence-electron chi connectivity index (χ1n) is 8.97. The first kappa shape index (κ1) is 17.7. The fourth-order valence-corrected chi connectivity index (χ4v) is 3.61. The molecule has 1 aromatic carbocycles. The van der Waals surface area contributed by atoms with Crippen molar-refractivity contribution < 1.29 is 19.1 Å². The summed E-state index contributed by atoms with van der Waals surface area (Å²) in [6, 6.07) is 5.11. The van der Waals surface area contributed by atoms with E-state index >= 15 is 0 Å². The number of piperidine rings is 1. The van der Waals surface area contributed by atoms with Gasteiger partial charge in [-0.15, -0.1) is 0 Å². The molecule has 1 N–H and O–H groups in total. The Morgan fingerprint density at radius 1 is 1.24 bits per heavy atom. The van der Waals surface area contributed by atoms with Crippen LogP contribution in [0.3, 0.4) is 0 Å². The van der Waals surface area contributed by atoms with E-state index in [0.29, 0.717) is 19.6 Å². The normalized spacial score (nSPS) is 23.4. The number of aryl methyl sites for hydroxylation is 1. The van der Waals surface area contributed by atoms with Crippen LogP contribution in [0.4, 0.5) is 5.69 Å². The molecule has 0 spiro atoms. The molecule has 1 aromatic rings. The Labute approximate surface area is 148 Å². The Morgan fingerprint density at radius 2 is 2.08 bits per heavy atom. The zero-order chi connectivity index (χ0) is 17.8. The maximum Gasteiger partial charge on any atom is 0.252 e. The molecule has 6 nitrogen and oxygen atoms in total. The number of benzene rings is 1. The number of nitrogens with zero attached hydrogens (tertiary/aromatic N) is 1. The van der Waals surface area contributed by atoms with Crippen LogP contribution < -0.4 is 10.1 Å². The van der Waals surface area contributed by atoms with Gasteiger partial charge < -0.3 is 19.7 Å². The van der Waals surface area contributed by atoms with Crippen molar-refractivity contribution in [1.29, 1.82) is 0 Å². The Bertz CT molecular complexity index is 640. The fourth-order valence-electron chi connectivity index (χ4n) is 3.61. The molecule has 2 atom stereocenters. The van der Waals surface area contributed by atoms with Crippen molar-refractivity contribution in [3.8, 4) is 5.75 Å². The largest absolute Gasteiger partial charge is 0.496 e. The molecule has 6 heteroatoms. The van der Waals surface area contributed by atoms with Gasteiger partial charge in [-0.2, -0.15) is 0 Å². The van der Waals surface area contributed by atoms with Crippen molar-refractivity contribution in [2.75, 3.05) is 25.6 Å². The van der Waals surface area contributed by atoms with Gasteiger partial charge in [0, 0.05) is 18.8 Å². The van der Waals surface area contributed by atoms with E-state index in [1.807, 2.05) is 25.1 Å². The van der Waals surface area contributed by atoms with Crippen LogP contribution in [0.2, 0.25) is 0 Å². The number of hydrogen-bond donors (Lipinski definition) is 1. The molecule has 2 fully saturated rings. The maximum atomic E-state index is 12.8. The van der Waals surface area contributed by atoms with E-state index in [1.165, 1.54) is 0 Å². The van der Waals surface area contributed by atoms with Crippen molar-refractivity contribution >= 4 is 17.5 Å². The first-order chi connectivity index (χ1) is 12.1. The summed E-state index contributed by atoms with van der Waals surface area (Å²) >= 11 is 0. The zero-order valence-electron chi connectivity index (χ0n) is 14.9. The van der Waals surface area contributed by atoms with Gasteiger partial charge in [-0.25, -0.2) is 0 Å². The summed E-state index contributed by atoms with van der Waals surface area (Å²) in [6.45, 7) is 3.19. The minimum atomic E-state index is -0.423. The summed E-state index contributed by atoms with van der Waals surface area (Å²) in [5.74, 6) is 0.615. The van der Waals surface area contributed by atoms with E-state index in [9.17, 15) is 9.59 Å². The minimum Gasteiger partial charge on any atom is -0.496 e. The summed E-state index contributed by atoms with van der Waals surface area (Å²) in [7, 11) is 1.62. The van der Waals surface area contributed by atoms with Gasteiger partial charge in [-0.1, -0.05) is 0 Å². The highest BCUT2D eigenvalue weighted by molar-refractivity contribution is 5.98. The molecule has 2 aliphatic heterocycles. The van der Waals surface area contributed by atoms with E-state index in [-0.39, 0.29) is 17.9 Å². The monoisotopic (exact) mass is 346 g/mol. The van der Waals surface area contributed by atoms with Crippen LogP contribution in [0.5, 0.6) is 5.75 Å². The molecule has 2 saturated heterocycles. The number of rotatable bonds is 4. The third kappa shape index (κ3) is 3.95. The summed E-state index contributed by atoms with van der Waals surface area (Å²) in [4.78, 5) is 27.2. The molecule has 3 rings (SSSR count). The van der Waals surface area contributed by atoms with E-state index in [4.69, 9.17) is 9.47 Å². The van der Waals surface area contributed by atoms with E-state index in [2.05, 4.69) is 5.32 Å². The van der Waals surface area contributed by atoms with Crippen molar-refractivity contribution in [1.82, 2.24) is 4.90 Å². The molecule has 0 aliphatic carbocycles. The summed E-state index contributed by atoms with van der Waals surface area (Å²) in [6.07, 6.45) is 3.86. The van der Waals surface area contributed by atoms with Crippen LogP contribution in [0.25, 0.3) is 0 Å². The Hall–Kier alpha value is -2.08. The standard InChI is InChI=1S/C19H26N2O4/c1-13-12-14(8-9-16(13)24-2)20-18(22)15-6-3-4-10-21(15)19(23)17-7-5-11-25-17/h8-9,12,15,17H,3-7,10-11H2,1-2H3,(H,20,22)/t15-,17-/m0/s1. The number of carbonyl (C=O) groups is 2. The second-order valence-electron chi connectivity index (χ2n) is 6.72. The van der Waals surface area contributed by atoms with Crippen LogP contribution >= 0.6 is 0 Å². The van der Waals surface area contributed by atoms with Gasteiger partial charge in [-0.05, 0) is 62.8 Å². The molecule has 2 heterocycles. The zero-order valence-corrected chi connectivity index (χ0v) is 14.9. The van der Waals surface area contributed by atoms with Crippen molar-refractivity contribution in [3.05, 3.63) is 23.8 Å². The van der Waals surface area contributed by atoms with Crippen molar-refractivity contribution in [2.24, 2.45) is 0 Å². The molecule has 2 aliphatic rings. The van der Waals surface area contributed by atoms with Gasteiger partial charge in [0.1, 0.15) is 17.9 Å². The van der Waals surface area contributed by atoms with Gasteiger partial charge >= 0.3 is 0 Å². The average Bonchev–Trinajstić information content (AvgIpc) is 3.16. The molecular formula is C19H26N2O4. The predicted molar refractivity (Wildman–Crippen MR) is 94.7 cm³/mol. The molecule has 0 radical (unpaired) electrons. The van der Waals surface area contributed by atoms with Gasteiger partial charge in [-0.3, -0.25) is 9.59 Å². The molecule has 0 saturated carbocycles. The lowest BCUT2D eigenvalue weighted by molar-refractivity contribution is -0.148. The van der Waals surface area contributed by atoms with Crippen LogP contribution in [0.1, 0.15) is 37.7 Å². The number of methoxy groups -OCH3 is 1. The first-order valence-corrected chi connectivity index (χ1v) is 8.97. The fraction of sp³-hybridized carbons (Fsp3) is 0.579. The third-order valence-corrected chi connectivity index (χ3v) is 4.96. The van der Waals surface area contributed by atoms with E-state index < -0.39 is 6.04 Å². The minimum absolute atomic E-state index is 0.0386. The molecular weight excluding hydrogens is 320 g/mol. The molecule has 136 valence electrons. The number of nitrogens with one attached hydrogen (secondary N) is 1. The summed E-state index contributed by atoms with van der Waals surface area (Å²) < 4.78 is 10.8. The molecule has 0 bridgehead atoms. The summed E-state index contributed by atoms with van der Waals surface area (Å²) in [5, 5.41) is 2.95. The number of amides is 2. The average molecular weight is 346 g/mol. The van der Waals surface area contributed by atoms with Crippen LogP contribution in [0, 0.1) is 6.92 Å². The lowest BCUT2D eigenvalue weighted by Gasteiger charge is -2.36. The maximum absolute atomic E-state index is 12.8. The smallest absolute Gasteiger partial charge is 0.252 e. The summed E-state index contributed by atoms with van der Waals surface area (Å²) in [5.41, 5.74) is 1.68. The molecule has 2 amide bonds. The molecule has 25 heavy (non-hydrogen) atoms. The van der Waals surface area contributed by atoms with Crippen LogP contribution in [0.15, 0.2) is 18.2 Å². The van der Waals surface area contributed by atoms with Crippen LogP contribution in [-0.2, 0) is 14.3 Å². The van der Waals surface area contributed by atoms with Gasteiger partial charge in [0.25, 0.3) is 5.91 Å². The van der Waals surface area contributed by atoms with Gasteiger partial charge in [0.2, 0.25) is 5.91 Å². The number of carbonyl (C=O) groups excluding carboxylic acids is 2. The quantitative estimate of drug-likeness (QED) is 0.909. The highest BCUT2D eigenvalue weighted by Crippen LogP contribution is 2.25. The Kier molecular flexibility index (Phi) is 5.58. The number of hydrogen-bond acceptors (Lipinski definition) is 4. The highest BCUT2D eigenvalue weighted by atomic mass is 16.5. The van der Waals surface area contributed by atoms with Crippen molar-refractivity contribution in [3.63, 3.8) is 0 Å². The lowest BCUT2D eigenvalue weighted by Crippen LogP contribution is -2.52. The Balaban J connectivity index is 1.70. The topological polar surface area (TPSA) is 67.9 Å². The van der Waals surface area contributed by atoms with Crippen molar-refractivity contribution in [2.45, 2.75) is 51.2 Å².